The summed E-state index contributed by atoms with van der Waals surface area (Å²) in [6.45, 7) is 5.53. The Morgan fingerprint density at radius 1 is 1.33 bits per heavy atom. The zero-order chi connectivity index (χ0) is 19.6. The monoisotopic (exact) mass is 370 g/mol. The van der Waals surface area contributed by atoms with Gasteiger partial charge in [0.2, 0.25) is 5.82 Å². The molecule has 8 heteroatoms. The number of anilines is 2. The molecule has 1 saturated heterocycles. The summed E-state index contributed by atoms with van der Waals surface area (Å²) >= 11 is 0. The van der Waals surface area contributed by atoms with Crippen LogP contribution in [0.25, 0.3) is 0 Å². The first-order chi connectivity index (χ1) is 12.9. The van der Waals surface area contributed by atoms with Gasteiger partial charge >= 0.3 is 0 Å². The van der Waals surface area contributed by atoms with Gasteiger partial charge in [0.15, 0.2) is 11.6 Å². The molecule has 0 radical (unpaired) electrons. The van der Waals surface area contributed by atoms with E-state index < -0.39 is 0 Å². The van der Waals surface area contributed by atoms with Crippen LogP contribution >= 0.6 is 0 Å². The first kappa shape index (κ1) is 18.9. The quantitative estimate of drug-likeness (QED) is 0.860. The summed E-state index contributed by atoms with van der Waals surface area (Å²) in [5.74, 6) is 2.34. The fourth-order valence-electron chi connectivity index (χ4n) is 3.14. The Balaban J connectivity index is 1.79. The molecule has 144 valence electrons. The van der Waals surface area contributed by atoms with Crippen LogP contribution < -0.4 is 15.0 Å². The summed E-state index contributed by atoms with van der Waals surface area (Å²) < 4.78 is 5.37. The average Bonchev–Trinajstić information content (AvgIpc) is 3.11. The van der Waals surface area contributed by atoms with Crippen molar-refractivity contribution in [2.24, 2.45) is 0 Å². The summed E-state index contributed by atoms with van der Waals surface area (Å²) in [4.78, 5) is 29.3. The van der Waals surface area contributed by atoms with E-state index in [0.29, 0.717) is 0 Å². The van der Waals surface area contributed by atoms with Gasteiger partial charge in [-0.05, 0) is 32.4 Å². The molecule has 1 amide bonds. The number of carbonyl (C=O) groups is 1. The number of hydrogen-bond donors (Lipinski definition) is 1. The second-order valence-electron chi connectivity index (χ2n) is 6.91. The van der Waals surface area contributed by atoms with E-state index in [2.05, 4.69) is 25.2 Å². The minimum Gasteiger partial charge on any atom is -0.493 e. The van der Waals surface area contributed by atoms with Gasteiger partial charge < -0.3 is 19.9 Å². The molecule has 2 aromatic heterocycles. The molecule has 1 N–H and O–H groups in total. The highest BCUT2D eigenvalue weighted by atomic mass is 16.5. The summed E-state index contributed by atoms with van der Waals surface area (Å²) in [5, 5.41) is 3.45. The third-order valence-electron chi connectivity index (χ3n) is 4.78. The van der Waals surface area contributed by atoms with Crippen LogP contribution in [0.5, 0.6) is 5.75 Å². The van der Waals surface area contributed by atoms with E-state index in [1.54, 1.807) is 27.4 Å². The van der Waals surface area contributed by atoms with Crippen LogP contribution in [0.3, 0.4) is 0 Å². The van der Waals surface area contributed by atoms with Gasteiger partial charge in [0.25, 0.3) is 5.91 Å². The lowest BCUT2D eigenvalue weighted by Crippen LogP contribution is -2.30. The number of carbonyl (C=O) groups excluding carboxylic acids is 1. The van der Waals surface area contributed by atoms with E-state index in [1.807, 2.05) is 26.0 Å². The average molecular weight is 370 g/mol. The molecule has 27 heavy (non-hydrogen) atoms. The molecule has 1 fully saturated rings. The molecule has 0 unspecified atom stereocenters. The van der Waals surface area contributed by atoms with E-state index in [-0.39, 0.29) is 17.8 Å². The lowest BCUT2D eigenvalue weighted by Gasteiger charge is -2.22. The maximum Gasteiger partial charge on any atom is 0.291 e. The molecule has 0 spiro atoms. The summed E-state index contributed by atoms with van der Waals surface area (Å²) in [7, 11) is 5.05. The molecular formula is C19H26N6O2. The number of aromatic nitrogens is 3. The Morgan fingerprint density at radius 3 is 2.81 bits per heavy atom. The van der Waals surface area contributed by atoms with E-state index in [4.69, 9.17) is 4.74 Å². The van der Waals surface area contributed by atoms with Gasteiger partial charge in [-0.1, -0.05) is 0 Å². The molecule has 0 bridgehead atoms. The van der Waals surface area contributed by atoms with Crippen LogP contribution in [0.4, 0.5) is 11.6 Å². The minimum atomic E-state index is -0.188. The van der Waals surface area contributed by atoms with E-state index in [0.717, 1.165) is 48.2 Å². The fraction of sp³-hybridized carbons (Fsp3) is 0.474. The van der Waals surface area contributed by atoms with E-state index in [1.165, 1.54) is 4.90 Å². The molecular weight excluding hydrogens is 344 g/mol. The normalized spacial score (nSPS) is 16.3. The Kier molecular flexibility index (Phi) is 5.43. The molecule has 0 aliphatic carbocycles. The molecule has 2 aromatic rings. The third kappa shape index (κ3) is 3.94. The van der Waals surface area contributed by atoms with E-state index >= 15 is 0 Å². The van der Waals surface area contributed by atoms with Crippen LogP contribution in [-0.4, -0.2) is 66.1 Å². The third-order valence-corrected chi connectivity index (χ3v) is 4.78. The Labute approximate surface area is 159 Å². The van der Waals surface area contributed by atoms with Gasteiger partial charge in [-0.3, -0.25) is 4.79 Å². The highest BCUT2D eigenvalue weighted by Crippen LogP contribution is 2.27. The first-order valence-corrected chi connectivity index (χ1v) is 8.98. The van der Waals surface area contributed by atoms with Crippen molar-refractivity contribution in [3.8, 4) is 5.75 Å². The lowest BCUT2D eigenvalue weighted by molar-refractivity contribution is 0.0815. The van der Waals surface area contributed by atoms with Crippen LogP contribution in [0.1, 0.15) is 28.3 Å². The highest BCUT2D eigenvalue weighted by molar-refractivity contribution is 5.90. The van der Waals surface area contributed by atoms with Gasteiger partial charge in [0.05, 0.1) is 7.11 Å². The fourth-order valence-corrected chi connectivity index (χ4v) is 3.14. The first-order valence-electron chi connectivity index (χ1n) is 8.98. The van der Waals surface area contributed by atoms with Gasteiger partial charge in [-0.15, -0.1) is 0 Å². The Morgan fingerprint density at radius 2 is 2.11 bits per heavy atom. The maximum absolute atomic E-state index is 12.3. The molecule has 3 rings (SSSR count). The second kappa shape index (κ2) is 7.77. The maximum atomic E-state index is 12.3. The van der Waals surface area contributed by atoms with Crippen LogP contribution in [0, 0.1) is 13.8 Å². The van der Waals surface area contributed by atoms with Gasteiger partial charge in [0, 0.05) is 50.7 Å². The summed E-state index contributed by atoms with van der Waals surface area (Å²) in [6.07, 6.45) is 2.69. The second-order valence-corrected chi connectivity index (χ2v) is 6.91. The van der Waals surface area contributed by atoms with Crippen LogP contribution in [-0.2, 0) is 0 Å². The Hall–Kier alpha value is -2.90. The highest BCUT2D eigenvalue weighted by Gasteiger charge is 2.27. The SMILES string of the molecule is COc1cccnc1N[C@@H]1CCN(c2nc(C(=O)N(C)C)nc(C)c2C)C1. The lowest BCUT2D eigenvalue weighted by atomic mass is 10.2. The van der Waals surface area contributed by atoms with Crippen LogP contribution in [0.2, 0.25) is 0 Å². The minimum absolute atomic E-state index is 0.188. The van der Waals surface area contributed by atoms with Gasteiger partial charge in [-0.2, -0.15) is 0 Å². The molecule has 1 atom stereocenters. The molecule has 1 aliphatic heterocycles. The number of pyridine rings is 1. The van der Waals surface area contributed by atoms with Crippen LogP contribution in [0.15, 0.2) is 18.3 Å². The van der Waals surface area contributed by atoms with Crippen molar-refractivity contribution in [1.82, 2.24) is 19.9 Å². The van der Waals surface area contributed by atoms with Crippen molar-refractivity contribution in [2.45, 2.75) is 26.3 Å². The topological polar surface area (TPSA) is 83.5 Å². The standard InChI is InChI=1S/C19H26N6O2/c1-12-13(2)21-17(19(26)24(3)4)23-18(12)25-10-8-14(11-25)22-16-15(27-5)7-6-9-20-16/h6-7,9,14H,8,10-11H2,1-5H3,(H,20,22)/t14-/m1/s1. The van der Waals surface area contributed by atoms with Crippen molar-refractivity contribution in [3.05, 3.63) is 35.4 Å². The molecule has 0 aromatic carbocycles. The number of rotatable bonds is 5. The predicted octanol–water partition coefficient (Wildman–Crippen LogP) is 1.89. The zero-order valence-corrected chi connectivity index (χ0v) is 16.5. The molecule has 3 heterocycles. The van der Waals surface area contributed by atoms with Crippen molar-refractivity contribution < 1.29 is 9.53 Å². The number of nitrogens with zero attached hydrogens (tertiary/aromatic N) is 5. The van der Waals surface area contributed by atoms with Crippen molar-refractivity contribution in [1.29, 1.82) is 0 Å². The van der Waals surface area contributed by atoms with Crippen molar-refractivity contribution in [2.75, 3.05) is 44.5 Å². The molecule has 8 nitrogen and oxygen atoms in total. The number of methoxy groups -OCH3 is 1. The smallest absolute Gasteiger partial charge is 0.291 e. The molecule has 1 aliphatic rings. The van der Waals surface area contributed by atoms with Crippen molar-refractivity contribution >= 4 is 17.5 Å². The summed E-state index contributed by atoms with van der Waals surface area (Å²) in [5.41, 5.74) is 1.83. The van der Waals surface area contributed by atoms with Gasteiger partial charge in [0.1, 0.15) is 5.82 Å². The summed E-state index contributed by atoms with van der Waals surface area (Å²) in [6, 6.07) is 3.96. The number of hydrogen-bond acceptors (Lipinski definition) is 7. The number of amides is 1. The predicted molar refractivity (Wildman–Crippen MR) is 105 cm³/mol. The molecule has 0 saturated carbocycles. The van der Waals surface area contributed by atoms with Crippen molar-refractivity contribution in [3.63, 3.8) is 0 Å². The van der Waals surface area contributed by atoms with E-state index in [9.17, 15) is 4.79 Å². The number of aryl methyl sites for hydroxylation is 1. The zero-order valence-electron chi connectivity index (χ0n) is 16.5. The number of ether oxygens (including phenoxy) is 1. The Bertz CT molecular complexity index is 839. The largest absolute Gasteiger partial charge is 0.493 e. The van der Waals surface area contributed by atoms with Gasteiger partial charge in [-0.25, -0.2) is 15.0 Å². The number of nitrogens with one attached hydrogen (secondary N) is 1.